The quantitative estimate of drug-likeness (QED) is 0.0908. The third kappa shape index (κ3) is 8.71. The van der Waals surface area contributed by atoms with Crippen LogP contribution in [0.25, 0.3) is 10.2 Å². The molecule has 51 heavy (non-hydrogen) atoms. The Kier molecular flexibility index (Phi) is 11.6. The maximum atomic E-state index is 14.8. The number of methoxy groups -OCH3 is 1. The second-order valence-electron chi connectivity index (χ2n) is 12.6. The molecule has 2 aromatic heterocycles. The van der Waals surface area contributed by atoms with Crippen LogP contribution in [-0.4, -0.2) is 54.7 Å². The van der Waals surface area contributed by atoms with Crippen LogP contribution in [0.3, 0.4) is 0 Å². The summed E-state index contributed by atoms with van der Waals surface area (Å²) < 4.78 is 32.0. The van der Waals surface area contributed by atoms with Crippen LogP contribution >= 0.6 is 22.7 Å². The number of halogens is 1. The van der Waals surface area contributed by atoms with Gasteiger partial charge in [0, 0.05) is 30.0 Å². The van der Waals surface area contributed by atoms with Crippen LogP contribution in [0.2, 0.25) is 0 Å². The lowest BCUT2D eigenvalue weighted by Gasteiger charge is -2.29. The number of aromatic nitrogens is 2. The fraction of sp³-hybridized carbons (Fsp3) is 0.342. The highest BCUT2D eigenvalue weighted by Crippen LogP contribution is 2.34. The van der Waals surface area contributed by atoms with Crippen LogP contribution in [0.1, 0.15) is 69.1 Å². The van der Waals surface area contributed by atoms with Gasteiger partial charge in [-0.2, -0.15) is 0 Å². The molecule has 0 aliphatic carbocycles. The molecule has 1 aliphatic heterocycles. The average Bonchev–Trinajstić information content (AvgIpc) is 3.75. The number of carbonyl (C=O) groups is 3. The minimum absolute atomic E-state index is 0.113. The summed E-state index contributed by atoms with van der Waals surface area (Å²) in [7, 11) is 1.32. The fourth-order valence-corrected chi connectivity index (χ4v) is 7.81. The Morgan fingerprint density at radius 2 is 1.82 bits per heavy atom. The normalized spacial score (nSPS) is 12.5. The van der Waals surface area contributed by atoms with E-state index < -0.39 is 11.8 Å². The van der Waals surface area contributed by atoms with Gasteiger partial charge in [-0.15, -0.1) is 11.3 Å². The lowest BCUT2D eigenvalue weighted by atomic mass is 9.94. The Labute approximate surface area is 303 Å². The summed E-state index contributed by atoms with van der Waals surface area (Å²) >= 11 is 2.83. The number of benzene rings is 3. The molecule has 0 saturated carbocycles. The van der Waals surface area contributed by atoms with Gasteiger partial charge in [-0.25, -0.2) is 19.2 Å². The van der Waals surface area contributed by atoms with E-state index in [9.17, 15) is 18.8 Å². The van der Waals surface area contributed by atoms with Crippen LogP contribution in [0.4, 0.5) is 14.7 Å². The third-order valence-corrected chi connectivity index (χ3v) is 10.5. The molecule has 0 atom stereocenters. The number of hydrogen-bond acceptors (Lipinski definition) is 11. The van der Waals surface area contributed by atoms with Crippen LogP contribution in [-0.2, 0) is 40.1 Å². The predicted molar refractivity (Wildman–Crippen MR) is 197 cm³/mol. The van der Waals surface area contributed by atoms with Gasteiger partial charge in [0.1, 0.15) is 0 Å². The maximum Gasteiger partial charge on any atom is 0.357 e. The first-order valence-electron chi connectivity index (χ1n) is 16.9. The molecular formula is C38H39FN4O6S2. The Bertz CT molecular complexity index is 2010. The van der Waals surface area contributed by atoms with E-state index in [4.69, 9.17) is 19.2 Å². The van der Waals surface area contributed by atoms with E-state index in [0.717, 1.165) is 26.2 Å². The Morgan fingerprint density at radius 3 is 2.63 bits per heavy atom. The first-order chi connectivity index (χ1) is 24.7. The molecule has 10 nitrogen and oxygen atoms in total. The molecule has 1 aliphatic rings. The molecule has 6 rings (SSSR count). The summed E-state index contributed by atoms with van der Waals surface area (Å²) in [5, 5.41) is 4.17. The van der Waals surface area contributed by atoms with Crippen molar-refractivity contribution >= 4 is 61.0 Å². The Morgan fingerprint density at radius 1 is 1.00 bits per heavy atom. The van der Waals surface area contributed by atoms with Crippen molar-refractivity contribution in [1.29, 1.82) is 0 Å². The zero-order valence-corrected chi connectivity index (χ0v) is 30.3. The van der Waals surface area contributed by atoms with Crippen molar-refractivity contribution in [1.82, 2.24) is 9.97 Å². The van der Waals surface area contributed by atoms with Crippen molar-refractivity contribution < 1.29 is 33.0 Å². The smallest absolute Gasteiger partial charge is 0.357 e. The molecule has 0 bridgehead atoms. The number of anilines is 2. The van der Waals surface area contributed by atoms with E-state index in [1.54, 1.807) is 12.1 Å². The van der Waals surface area contributed by atoms with Crippen LogP contribution in [0.5, 0.6) is 5.75 Å². The summed E-state index contributed by atoms with van der Waals surface area (Å²) in [6.45, 7) is 5.55. The second-order valence-corrected chi connectivity index (χ2v) is 14.7. The van der Waals surface area contributed by atoms with E-state index in [-0.39, 0.29) is 42.3 Å². The Hall–Kier alpha value is -4.88. The van der Waals surface area contributed by atoms with Gasteiger partial charge in [-0.05, 0) is 72.6 Å². The Balaban J connectivity index is 1.11. The fourth-order valence-electron chi connectivity index (χ4n) is 5.83. The molecular weight excluding hydrogens is 692 g/mol. The molecule has 0 fully saturated rings. The standard InChI is InChI=1S/C38H39FN4O6S2/c1-23(2)22-49-32(44)17-16-25-10-7-12-28(39)34(25)48-20-8-15-31-33(36(46)47-3)41-38(51-31)43-19-18-24-9-6-11-26(27(24)21-43)35(45)42-37-40-29-13-4-5-14-30(29)50-37/h4-7,9-14,23H,8,15-22H2,1-3H3,(H,40,42,45). The maximum absolute atomic E-state index is 14.8. The molecule has 5 aromatic rings. The van der Waals surface area contributed by atoms with Gasteiger partial charge in [0.2, 0.25) is 0 Å². The van der Waals surface area contributed by atoms with Crippen molar-refractivity contribution in [2.75, 3.05) is 37.1 Å². The van der Waals surface area contributed by atoms with Crippen LogP contribution < -0.4 is 15.0 Å². The number of aryl methyl sites for hydroxylation is 2. The molecule has 3 heterocycles. The predicted octanol–water partition coefficient (Wildman–Crippen LogP) is 7.64. The van der Waals surface area contributed by atoms with Gasteiger partial charge < -0.3 is 19.1 Å². The number of ether oxygens (including phenoxy) is 3. The van der Waals surface area contributed by atoms with Gasteiger partial charge >= 0.3 is 11.9 Å². The highest BCUT2D eigenvalue weighted by molar-refractivity contribution is 7.22. The number of esters is 2. The largest absolute Gasteiger partial charge is 0.490 e. The van der Waals surface area contributed by atoms with Gasteiger partial charge in [0.15, 0.2) is 27.5 Å². The summed E-state index contributed by atoms with van der Waals surface area (Å²) in [5.41, 5.74) is 4.21. The molecule has 1 amide bonds. The molecule has 0 unspecified atom stereocenters. The SMILES string of the molecule is COC(=O)c1nc(N2CCc3cccc(C(=O)Nc4nc5ccccc5s4)c3C2)sc1CCCOc1c(F)cccc1CCC(=O)OCC(C)C. The van der Waals surface area contributed by atoms with E-state index in [1.807, 2.05) is 56.3 Å². The second kappa shape index (κ2) is 16.4. The first-order valence-corrected chi connectivity index (χ1v) is 18.5. The average molecular weight is 731 g/mol. The lowest BCUT2D eigenvalue weighted by molar-refractivity contribution is -0.144. The van der Waals surface area contributed by atoms with E-state index in [2.05, 4.69) is 15.2 Å². The summed E-state index contributed by atoms with van der Waals surface area (Å²) in [4.78, 5) is 50.5. The van der Waals surface area contributed by atoms with Crippen molar-refractivity contribution in [3.63, 3.8) is 0 Å². The van der Waals surface area contributed by atoms with Crippen LogP contribution in [0.15, 0.2) is 60.7 Å². The molecule has 3 aromatic carbocycles. The highest BCUT2D eigenvalue weighted by atomic mass is 32.1. The number of para-hydroxylation sites is 2. The van der Waals surface area contributed by atoms with E-state index >= 15 is 0 Å². The topological polar surface area (TPSA) is 120 Å². The monoisotopic (exact) mass is 730 g/mol. The van der Waals surface area contributed by atoms with Crippen molar-refractivity contribution in [2.24, 2.45) is 5.92 Å². The van der Waals surface area contributed by atoms with Crippen molar-refractivity contribution in [2.45, 2.75) is 52.5 Å². The number of carbonyl (C=O) groups excluding carboxylic acids is 3. The molecule has 0 spiro atoms. The minimum atomic E-state index is -0.539. The van der Waals surface area contributed by atoms with Gasteiger partial charge in [-0.1, -0.05) is 61.6 Å². The molecule has 0 radical (unpaired) electrons. The number of fused-ring (bicyclic) bond motifs is 2. The van der Waals surface area contributed by atoms with Crippen molar-refractivity contribution in [3.8, 4) is 5.75 Å². The molecule has 0 saturated heterocycles. The third-order valence-electron chi connectivity index (χ3n) is 8.39. The van der Waals surface area contributed by atoms with Crippen molar-refractivity contribution in [3.05, 3.63) is 99.3 Å². The minimum Gasteiger partial charge on any atom is -0.490 e. The summed E-state index contributed by atoms with van der Waals surface area (Å²) in [6, 6.07) is 18.2. The summed E-state index contributed by atoms with van der Waals surface area (Å²) in [6.07, 6.45) is 2.05. The van der Waals surface area contributed by atoms with Crippen LogP contribution in [0, 0.1) is 11.7 Å². The van der Waals surface area contributed by atoms with Gasteiger partial charge in [0.05, 0.1) is 30.5 Å². The first kappa shape index (κ1) is 35.9. The molecule has 266 valence electrons. The highest BCUT2D eigenvalue weighted by Gasteiger charge is 2.27. The number of hydrogen-bond donors (Lipinski definition) is 1. The zero-order chi connectivity index (χ0) is 35.9. The lowest BCUT2D eigenvalue weighted by Crippen LogP contribution is -2.32. The van der Waals surface area contributed by atoms with Gasteiger partial charge in [0.25, 0.3) is 5.91 Å². The van der Waals surface area contributed by atoms with E-state index in [1.165, 1.54) is 35.8 Å². The number of nitrogens with zero attached hydrogens (tertiary/aromatic N) is 3. The number of rotatable bonds is 14. The molecule has 13 heteroatoms. The number of nitrogens with one attached hydrogen (secondary N) is 1. The van der Waals surface area contributed by atoms with Gasteiger partial charge in [-0.3, -0.25) is 14.9 Å². The summed E-state index contributed by atoms with van der Waals surface area (Å²) in [5.74, 6) is -1.26. The zero-order valence-electron chi connectivity index (χ0n) is 28.7. The number of thiazole rings is 2. The molecule has 1 N–H and O–H groups in total. The number of amides is 1. The van der Waals surface area contributed by atoms with E-state index in [0.29, 0.717) is 66.8 Å².